The molecule has 0 aliphatic heterocycles. The maximum atomic E-state index is 5.65. The number of aromatic nitrogens is 1. The zero-order valence-electron chi connectivity index (χ0n) is 9.90. The summed E-state index contributed by atoms with van der Waals surface area (Å²) >= 11 is 0. The van der Waals surface area contributed by atoms with Crippen molar-refractivity contribution in [2.24, 2.45) is 5.73 Å². The molecule has 2 nitrogen and oxygen atoms in total. The van der Waals surface area contributed by atoms with E-state index in [2.05, 4.69) is 43.1 Å². The second-order valence-corrected chi connectivity index (χ2v) is 4.83. The van der Waals surface area contributed by atoms with Crippen molar-refractivity contribution >= 4 is 10.9 Å². The Morgan fingerprint density at radius 3 is 2.81 bits per heavy atom. The van der Waals surface area contributed by atoms with Crippen LogP contribution in [0.4, 0.5) is 0 Å². The van der Waals surface area contributed by atoms with Gasteiger partial charge >= 0.3 is 0 Å². The Bertz CT molecular complexity index is 489. The minimum atomic E-state index is 0.138. The third-order valence-corrected chi connectivity index (χ3v) is 3.15. The van der Waals surface area contributed by atoms with Gasteiger partial charge in [-0.25, -0.2) is 0 Å². The number of fused-ring (bicyclic) bond motifs is 1. The molecule has 0 aliphatic rings. The van der Waals surface area contributed by atoms with Crippen LogP contribution in [-0.2, 0) is 5.41 Å². The van der Waals surface area contributed by atoms with Gasteiger partial charge in [0, 0.05) is 11.6 Å². The van der Waals surface area contributed by atoms with E-state index in [1.807, 2.05) is 12.3 Å². The van der Waals surface area contributed by atoms with Crippen molar-refractivity contribution < 1.29 is 0 Å². The fourth-order valence-corrected chi connectivity index (χ4v) is 2.00. The zero-order chi connectivity index (χ0) is 11.6. The van der Waals surface area contributed by atoms with Crippen LogP contribution in [0.2, 0.25) is 0 Å². The molecular formula is C14H18N2. The van der Waals surface area contributed by atoms with E-state index in [1.54, 1.807) is 0 Å². The lowest BCUT2D eigenvalue weighted by Crippen LogP contribution is -2.21. The number of pyridine rings is 1. The second kappa shape index (κ2) is 4.22. The van der Waals surface area contributed by atoms with Gasteiger partial charge in [0.1, 0.15) is 0 Å². The monoisotopic (exact) mass is 214 g/mol. The molecule has 2 heteroatoms. The zero-order valence-corrected chi connectivity index (χ0v) is 9.90. The molecule has 0 saturated heterocycles. The lowest BCUT2D eigenvalue weighted by Gasteiger charge is -2.24. The van der Waals surface area contributed by atoms with E-state index >= 15 is 0 Å². The third kappa shape index (κ3) is 2.07. The van der Waals surface area contributed by atoms with Crippen LogP contribution in [0.5, 0.6) is 0 Å². The fraction of sp³-hybridized carbons (Fsp3) is 0.357. The largest absolute Gasteiger partial charge is 0.330 e. The first-order valence-electron chi connectivity index (χ1n) is 5.69. The third-order valence-electron chi connectivity index (χ3n) is 3.15. The van der Waals surface area contributed by atoms with Gasteiger partial charge in [0.05, 0.1) is 5.52 Å². The number of nitrogens with zero attached hydrogens (tertiary/aromatic N) is 1. The van der Waals surface area contributed by atoms with Crippen LogP contribution in [0.15, 0.2) is 36.5 Å². The van der Waals surface area contributed by atoms with Gasteiger partial charge in [-0.05, 0) is 42.1 Å². The number of rotatable bonds is 3. The van der Waals surface area contributed by atoms with Crippen molar-refractivity contribution in [2.75, 3.05) is 6.54 Å². The van der Waals surface area contributed by atoms with Gasteiger partial charge in [0.25, 0.3) is 0 Å². The minimum Gasteiger partial charge on any atom is -0.330 e. The van der Waals surface area contributed by atoms with Crippen LogP contribution >= 0.6 is 0 Å². The molecule has 0 unspecified atom stereocenters. The molecule has 0 atom stereocenters. The minimum absolute atomic E-state index is 0.138. The molecule has 1 aromatic heterocycles. The average Bonchev–Trinajstić information content (AvgIpc) is 2.28. The van der Waals surface area contributed by atoms with Gasteiger partial charge in [-0.15, -0.1) is 0 Å². The molecule has 84 valence electrons. The molecule has 1 aromatic carbocycles. The highest BCUT2D eigenvalue weighted by Gasteiger charge is 2.19. The first-order chi connectivity index (χ1) is 7.63. The highest BCUT2D eigenvalue weighted by molar-refractivity contribution is 5.79. The molecule has 16 heavy (non-hydrogen) atoms. The van der Waals surface area contributed by atoms with Gasteiger partial charge in [-0.1, -0.05) is 26.0 Å². The molecule has 0 spiro atoms. The Morgan fingerprint density at radius 2 is 2.06 bits per heavy atom. The van der Waals surface area contributed by atoms with Crippen molar-refractivity contribution in [3.05, 3.63) is 42.1 Å². The van der Waals surface area contributed by atoms with Crippen LogP contribution in [-0.4, -0.2) is 11.5 Å². The van der Waals surface area contributed by atoms with Crippen LogP contribution in [0.3, 0.4) is 0 Å². The summed E-state index contributed by atoms with van der Waals surface area (Å²) < 4.78 is 0. The highest BCUT2D eigenvalue weighted by Crippen LogP contribution is 2.28. The molecular weight excluding hydrogens is 196 g/mol. The van der Waals surface area contributed by atoms with Crippen LogP contribution in [0, 0.1) is 0 Å². The first-order valence-corrected chi connectivity index (χ1v) is 5.69. The van der Waals surface area contributed by atoms with Crippen molar-refractivity contribution in [3.8, 4) is 0 Å². The molecule has 0 fully saturated rings. The molecule has 2 aromatic rings. The first kappa shape index (κ1) is 11.1. The smallest absolute Gasteiger partial charge is 0.0702 e. The van der Waals surface area contributed by atoms with E-state index in [0.717, 1.165) is 18.5 Å². The second-order valence-electron chi connectivity index (χ2n) is 4.83. The predicted molar refractivity (Wildman–Crippen MR) is 68.4 cm³/mol. The Morgan fingerprint density at radius 1 is 1.25 bits per heavy atom. The Balaban J connectivity index is 2.46. The molecule has 1 heterocycles. The average molecular weight is 214 g/mol. The van der Waals surface area contributed by atoms with Gasteiger partial charge in [0.2, 0.25) is 0 Å². The summed E-state index contributed by atoms with van der Waals surface area (Å²) in [5.41, 5.74) is 8.17. The van der Waals surface area contributed by atoms with Gasteiger partial charge in [0.15, 0.2) is 0 Å². The number of benzene rings is 1. The molecule has 0 bridgehead atoms. The summed E-state index contributed by atoms with van der Waals surface area (Å²) in [6.07, 6.45) is 2.83. The number of hydrogen-bond acceptors (Lipinski definition) is 2. The topological polar surface area (TPSA) is 38.9 Å². The normalized spacial score (nSPS) is 11.9. The SMILES string of the molecule is CC(C)(CCN)c1ccc2ncccc2c1. The Labute approximate surface area is 96.5 Å². The fourth-order valence-electron chi connectivity index (χ4n) is 2.00. The van der Waals surface area contributed by atoms with Crippen LogP contribution < -0.4 is 5.73 Å². The maximum absolute atomic E-state index is 5.65. The summed E-state index contributed by atoms with van der Waals surface area (Å²) in [6, 6.07) is 10.5. The number of hydrogen-bond donors (Lipinski definition) is 1. The highest BCUT2D eigenvalue weighted by atomic mass is 14.6. The standard InChI is InChI=1S/C14H18N2/c1-14(2,7-8-15)12-5-6-13-11(10-12)4-3-9-16-13/h3-6,9-10H,7-8,15H2,1-2H3. The Hall–Kier alpha value is -1.41. The van der Waals surface area contributed by atoms with Crippen molar-refractivity contribution in [1.82, 2.24) is 4.98 Å². The maximum Gasteiger partial charge on any atom is 0.0702 e. The summed E-state index contributed by atoms with van der Waals surface area (Å²) in [6.45, 7) is 5.19. The van der Waals surface area contributed by atoms with E-state index < -0.39 is 0 Å². The quantitative estimate of drug-likeness (QED) is 0.853. The summed E-state index contributed by atoms with van der Waals surface area (Å²) in [4.78, 5) is 4.33. The molecule has 0 radical (unpaired) electrons. The van der Waals surface area contributed by atoms with Gasteiger partial charge in [-0.2, -0.15) is 0 Å². The lowest BCUT2D eigenvalue weighted by molar-refractivity contribution is 0.488. The predicted octanol–water partition coefficient (Wildman–Crippen LogP) is 2.86. The van der Waals surface area contributed by atoms with E-state index in [0.29, 0.717) is 0 Å². The van der Waals surface area contributed by atoms with Crippen molar-refractivity contribution in [1.29, 1.82) is 0 Å². The lowest BCUT2D eigenvalue weighted by atomic mass is 9.81. The summed E-state index contributed by atoms with van der Waals surface area (Å²) in [7, 11) is 0. The Kier molecular flexibility index (Phi) is 2.92. The van der Waals surface area contributed by atoms with E-state index in [-0.39, 0.29) is 5.41 Å². The molecule has 2 rings (SSSR count). The van der Waals surface area contributed by atoms with Crippen LogP contribution in [0.25, 0.3) is 10.9 Å². The molecule has 0 amide bonds. The van der Waals surface area contributed by atoms with Gasteiger partial charge < -0.3 is 5.73 Å². The molecule has 0 saturated carbocycles. The van der Waals surface area contributed by atoms with Crippen LogP contribution in [0.1, 0.15) is 25.8 Å². The van der Waals surface area contributed by atoms with E-state index in [4.69, 9.17) is 5.73 Å². The van der Waals surface area contributed by atoms with Crippen molar-refractivity contribution in [3.63, 3.8) is 0 Å². The molecule has 2 N–H and O–H groups in total. The summed E-state index contributed by atoms with van der Waals surface area (Å²) in [5, 5.41) is 1.20. The summed E-state index contributed by atoms with van der Waals surface area (Å²) in [5.74, 6) is 0. The molecule has 0 aliphatic carbocycles. The van der Waals surface area contributed by atoms with Crippen molar-refractivity contribution in [2.45, 2.75) is 25.7 Å². The van der Waals surface area contributed by atoms with E-state index in [1.165, 1.54) is 10.9 Å². The van der Waals surface area contributed by atoms with Gasteiger partial charge in [-0.3, -0.25) is 4.98 Å². The number of nitrogens with two attached hydrogens (primary N) is 1. The van der Waals surface area contributed by atoms with E-state index in [9.17, 15) is 0 Å².